The fourth-order valence-corrected chi connectivity index (χ4v) is 19.6. The van der Waals surface area contributed by atoms with E-state index in [1.54, 1.807) is 11.1 Å². The van der Waals surface area contributed by atoms with Gasteiger partial charge in [0.25, 0.3) is 5.56 Å². The van der Waals surface area contributed by atoms with Crippen LogP contribution in [0.2, 0.25) is 124 Å². The van der Waals surface area contributed by atoms with Crippen molar-refractivity contribution in [2.24, 2.45) is 5.41 Å². The predicted octanol–water partition coefficient (Wildman–Crippen LogP) is 12.7. The highest BCUT2D eigenvalue weighted by atomic mass is 28.4. The van der Waals surface area contributed by atoms with Gasteiger partial charge in [-0.15, -0.1) is 0 Å². The van der Waals surface area contributed by atoms with Crippen LogP contribution >= 0.6 is 0 Å². The van der Waals surface area contributed by atoms with E-state index in [-0.39, 0.29) is 48.2 Å². The standard InChI is InChI=1S/C56H112N4O12Si6/c1-24-77(25-2,26-3)68-39-47-45(72-78(27-4,28-5)29-6)35-49(70-47)58-40-56(13,51(62)60(53(58)64)42-66-31-33-74(17,18)19)36-43-37-57(52(63)59(50(43)61)41-65-30-32-73(14,15)16)48-34-44(71-76(22,23)55(10,11)12)46(69-48)38-67-75(20,21)54(7,8)9/h37,44-49H,24-36,38-42H2,1-23H3/t44-,45-,46+,47+,48+,49+,56-/m0/s1. The Morgan fingerprint density at radius 1 is 0.615 bits per heavy atom. The number of ether oxygens (including phenoxy) is 4. The molecule has 22 heteroatoms. The molecule has 0 bridgehead atoms. The molecule has 0 radical (unpaired) electrons. The predicted molar refractivity (Wildman–Crippen MR) is 331 cm³/mol. The minimum absolute atomic E-state index is 0.0446. The zero-order chi connectivity index (χ0) is 59.3. The summed E-state index contributed by atoms with van der Waals surface area (Å²) in [5.41, 5.74) is -2.26. The highest BCUT2D eigenvalue weighted by molar-refractivity contribution is 6.77. The third kappa shape index (κ3) is 17.4. The summed E-state index contributed by atoms with van der Waals surface area (Å²) in [5, 5.41) is -0.148. The highest BCUT2D eigenvalue weighted by Crippen LogP contribution is 2.44. The summed E-state index contributed by atoms with van der Waals surface area (Å²) in [6, 6.07) is 7.01. The number of carbonyl (C=O) groups excluding carboxylic acids is 2. The zero-order valence-electron chi connectivity index (χ0n) is 53.5. The number of hydrogen-bond donors (Lipinski definition) is 0. The summed E-state index contributed by atoms with van der Waals surface area (Å²) in [6.45, 7) is 51.6. The lowest BCUT2D eigenvalue weighted by atomic mass is 9.80. The van der Waals surface area contributed by atoms with Crippen molar-refractivity contribution in [3.63, 3.8) is 0 Å². The Bertz CT molecular complexity index is 2230. The van der Waals surface area contributed by atoms with Gasteiger partial charge < -0.3 is 36.7 Å². The second-order valence-electron chi connectivity index (χ2n) is 28.8. The van der Waals surface area contributed by atoms with Gasteiger partial charge in [0.15, 0.2) is 33.3 Å². The molecule has 7 atom stereocenters. The molecule has 4 rings (SSSR count). The van der Waals surface area contributed by atoms with Crippen molar-refractivity contribution < 1.29 is 46.2 Å². The van der Waals surface area contributed by atoms with Crippen molar-refractivity contribution in [3.8, 4) is 0 Å². The molecule has 0 spiro atoms. The summed E-state index contributed by atoms with van der Waals surface area (Å²) in [6.07, 6.45) is -0.958. The lowest BCUT2D eigenvalue weighted by molar-refractivity contribution is -0.154. The zero-order valence-corrected chi connectivity index (χ0v) is 59.5. The molecule has 0 unspecified atom stereocenters. The maximum Gasteiger partial charge on any atom is 0.335 e. The molecular weight excluding hydrogens is 1090 g/mol. The van der Waals surface area contributed by atoms with E-state index in [1.807, 2.05) is 6.92 Å². The molecule has 3 aliphatic heterocycles. The van der Waals surface area contributed by atoms with Crippen molar-refractivity contribution in [2.45, 2.75) is 277 Å². The molecule has 3 fully saturated rings. The molecule has 3 saturated heterocycles. The van der Waals surface area contributed by atoms with Gasteiger partial charge >= 0.3 is 11.7 Å². The number of imide groups is 1. The van der Waals surface area contributed by atoms with Gasteiger partial charge in [0.05, 0.1) is 30.8 Å². The van der Waals surface area contributed by atoms with E-state index < -0.39 is 109 Å². The molecule has 1 aromatic rings. The van der Waals surface area contributed by atoms with Crippen LogP contribution in [0.3, 0.4) is 0 Å². The first-order valence-corrected chi connectivity index (χ1v) is 48.2. The van der Waals surface area contributed by atoms with E-state index in [2.05, 4.69) is 149 Å². The lowest BCUT2D eigenvalue weighted by Crippen LogP contribution is -2.64. The Hall–Kier alpha value is -1.40. The van der Waals surface area contributed by atoms with Crippen LogP contribution in [-0.2, 0) is 54.6 Å². The van der Waals surface area contributed by atoms with E-state index in [4.69, 9.17) is 36.7 Å². The normalized spacial score (nSPS) is 24.6. The van der Waals surface area contributed by atoms with E-state index in [0.29, 0.717) is 39.3 Å². The van der Waals surface area contributed by atoms with E-state index >= 15 is 14.4 Å². The van der Waals surface area contributed by atoms with Crippen LogP contribution in [-0.4, -0.2) is 151 Å². The number of carbonyl (C=O) groups is 2. The molecule has 16 nitrogen and oxygen atoms in total. The average Bonchev–Trinajstić information content (AvgIpc) is 3.93. The Labute approximate surface area is 478 Å². The molecule has 0 N–H and O–H groups in total. The quantitative estimate of drug-likeness (QED) is 0.0531. The topological polar surface area (TPSA) is 158 Å². The van der Waals surface area contributed by atoms with Gasteiger partial charge in [-0.25, -0.2) is 19.1 Å². The monoisotopic (exact) mass is 1200 g/mol. The van der Waals surface area contributed by atoms with Gasteiger partial charge in [-0.3, -0.25) is 19.1 Å². The van der Waals surface area contributed by atoms with E-state index in [1.165, 1.54) is 9.47 Å². The Balaban J connectivity index is 1.88. The van der Waals surface area contributed by atoms with E-state index in [9.17, 15) is 4.79 Å². The van der Waals surface area contributed by atoms with Crippen LogP contribution in [0.5, 0.6) is 0 Å². The maximum atomic E-state index is 15.3. The van der Waals surface area contributed by atoms with Gasteiger partial charge in [0.1, 0.15) is 38.1 Å². The van der Waals surface area contributed by atoms with Crippen LogP contribution in [0, 0.1) is 5.41 Å². The smallest absolute Gasteiger partial charge is 0.335 e. The first kappa shape index (κ1) is 69.1. The van der Waals surface area contributed by atoms with Crippen molar-refractivity contribution in [3.05, 3.63) is 32.6 Å². The summed E-state index contributed by atoms with van der Waals surface area (Å²) >= 11 is 0. The first-order chi connectivity index (χ1) is 35.8. The molecule has 0 aliphatic carbocycles. The molecule has 3 aliphatic rings. The van der Waals surface area contributed by atoms with Crippen molar-refractivity contribution in [1.82, 2.24) is 18.9 Å². The number of hydrogen-bond acceptors (Lipinski definition) is 12. The Kier molecular flexibility index (Phi) is 24.0. The summed E-state index contributed by atoms with van der Waals surface area (Å²) in [7, 11) is -11.9. The first-order valence-electron chi connectivity index (χ1n) is 29.9. The molecule has 4 heterocycles. The third-order valence-corrected chi connectivity index (χ3v) is 40.3. The van der Waals surface area contributed by atoms with Gasteiger partial charge in [-0.2, -0.15) is 0 Å². The number of rotatable bonds is 30. The Morgan fingerprint density at radius 3 is 1.56 bits per heavy atom. The van der Waals surface area contributed by atoms with Gasteiger partial charge in [-0.1, -0.05) is 122 Å². The minimum Gasteiger partial charge on any atom is -0.414 e. The summed E-state index contributed by atoms with van der Waals surface area (Å²) in [4.78, 5) is 63.2. The molecule has 452 valence electrons. The highest BCUT2D eigenvalue weighted by Gasteiger charge is 2.54. The second kappa shape index (κ2) is 27.1. The fraction of sp³-hybridized carbons (Fsp3) is 0.893. The van der Waals surface area contributed by atoms with Gasteiger partial charge in [-0.05, 0) is 98.0 Å². The van der Waals surface area contributed by atoms with E-state index in [0.717, 1.165) is 52.9 Å². The summed E-state index contributed by atoms with van der Waals surface area (Å²) < 4.78 is 57.1. The fourth-order valence-electron chi connectivity index (χ4n) is 10.2. The molecule has 0 saturated carbocycles. The number of aromatic nitrogens is 2. The van der Waals surface area contributed by atoms with Crippen LogP contribution in [0.1, 0.15) is 115 Å². The second-order valence-corrected chi connectivity index (χ2v) is 59.1. The number of amides is 3. The molecule has 0 aromatic carbocycles. The van der Waals surface area contributed by atoms with Gasteiger partial charge in [0, 0.05) is 60.5 Å². The molecule has 3 amide bonds. The maximum absolute atomic E-state index is 15.3. The SMILES string of the molecule is CC[Si](CC)(CC)OC[C@H]1O[C@@H](N2C[C@](C)(Cc3cn([C@H]4C[C@H](O[Si](C)(C)C(C)(C)C)[C@@H](CO[Si](C)(C)C(C)(C)C)O4)c(=O)n(COCC[Si](C)(C)C)c3=O)C(=O)N(COCC[Si](C)(C)C)C2=O)C[C@@H]1O[Si](CC)(CC)CC. The third-order valence-electron chi connectivity index (χ3n) is 18.5. The number of nitrogens with zero attached hydrogens (tertiary/aromatic N) is 4. The molecular formula is C56H112N4O12Si6. The van der Waals surface area contributed by atoms with Crippen LogP contribution < -0.4 is 11.2 Å². The lowest BCUT2D eigenvalue weighted by Gasteiger charge is -2.46. The number of urea groups is 1. The average molecular weight is 1200 g/mol. The van der Waals surface area contributed by atoms with Gasteiger partial charge in [0.2, 0.25) is 5.91 Å². The van der Waals surface area contributed by atoms with Crippen LogP contribution in [0.15, 0.2) is 15.8 Å². The molecule has 1 aromatic heterocycles. The van der Waals surface area contributed by atoms with Crippen LogP contribution in [0.4, 0.5) is 4.79 Å². The largest absolute Gasteiger partial charge is 0.414 e. The van der Waals surface area contributed by atoms with Crippen LogP contribution in [0.25, 0.3) is 0 Å². The molecule has 78 heavy (non-hydrogen) atoms. The van der Waals surface area contributed by atoms with Crippen molar-refractivity contribution >= 4 is 61.4 Å². The van der Waals surface area contributed by atoms with Crippen molar-refractivity contribution in [1.29, 1.82) is 0 Å². The summed E-state index contributed by atoms with van der Waals surface area (Å²) in [5.74, 6) is -0.459. The Morgan fingerprint density at radius 2 is 1.08 bits per heavy atom. The van der Waals surface area contributed by atoms with Crippen molar-refractivity contribution in [2.75, 3.05) is 39.7 Å². The minimum atomic E-state index is -2.37.